The van der Waals surface area contributed by atoms with Crippen LogP contribution in [0.1, 0.15) is 66.0 Å². The van der Waals surface area contributed by atoms with Crippen molar-refractivity contribution in [1.29, 1.82) is 0 Å². The number of carbonyl (C=O) groups is 1. The van der Waals surface area contributed by atoms with Crippen LogP contribution in [0.4, 0.5) is 0 Å². The zero-order chi connectivity index (χ0) is 24.4. The van der Waals surface area contributed by atoms with Crippen molar-refractivity contribution in [3.8, 4) is 0 Å². The number of aliphatic hydroxyl groups excluding tert-OH is 1. The fraction of sp³-hybridized carbons (Fsp3) is 0.519. The van der Waals surface area contributed by atoms with Gasteiger partial charge in [0.25, 0.3) is 5.91 Å². The van der Waals surface area contributed by atoms with Crippen LogP contribution in [0.25, 0.3) is 0 Å². The van der Waals surface area contributed by atoms with E-state index in [1.165, 1.54) is 0 Å². The minimum absolute atomic E-state index is 0.0390. The Kier molecular flexibility index (Phi) is 8.35. The molecule has 32 heavy (non-hydrogen) atoms. The summed E-state index contributed by atoms with van der Waals surface area (Å²) < 4.78 is 0. The predicted octanol–water partition coefficient (Wildman–Crippen LogP) is 6.87. The summed E-state index contributed by atoms with van der Waals surface area (Å²) in [6.07, 6.45) is -0.833. The molecule has 2 aromatic carbocycles. The highest BCUT2D eigenvalue weighted by molar-refractivity contribution is 6.96. The molecule has 0 saturated carbocycles. The first-order valence-corrected chi connectivity index (χ1v) is 19.0. The minimum atomic E-state index is -1.66. The molecular formula is C27H43NO2Si2. The number of carbonyl (C=O) groups excluding carboxylic acids is 1. The van der Waals surface area contributed by atoms with Crippen LogP contribution in [0, 0.1) is 0 Å². The molecule has 0 unspecified atom stereocenters. The van der Waals surface area contributed by atoms with E-state index in [0.717, 1.165) is 22.3 Å². The summed E-state index contributed by atoms with van der Waals surface area (Å²) in [5, 5.41) is 11.8. The lowest BCUT2D eigenvalue weighted by molar-refractivity contribution is 0.0637. The van der Waals surface area contributed by atoms with Crippen molar-refractivity contribution >= 4 is 22.1 Å². The molecule has 0 aromatic heterocycles. The number of nitrogens with zero attached hydrogens (tertiary/aromatic N) is 1. The lowest BCUT2D eigenvalue weighted by Gasteiger charge is -2.41. The van der Waals surface area contributed by atoms with Crippen LogP contribution in [0.3, 0.4) is 0 Å². The second-order valence-corrected chi connectivity index (χ2v) is 22.9. The fourth-order valence-electron chi connectivity index (χ4n) is 5.55. The highest BCUT2D eigenvalue weighted by atomic mass is 28.4. The molecule has 0 saturated heterocycles. The Morgan fingerprint density at radius 1 is 0.750 bits per heavy atom. The summed E-state index contributed by atoms with van der Waals surface area (Å²) in [6, 6.07) is 16.0. The zero-order valence-corrected chi connectivity index (χ0v) is 23.7. The molecule has 1 N–H and O–H groups in total. The first-order chi connectivity index (χ1) is 14.7. The molecule has 0 aliphatic carbocycles. The molecule has 176 valence electrons. The highest BCUT2D eigenvalue weighted by Gasteiger charge is 2.42. The second kappa shape index (κ2) is 10.1. The molecule has 0 fully saturated rings. The van der Waals surface area contributed by atoms with Crippen molar-refractivity contribution in [1.82, 2.24) is 4.90 Å². The Morgan fingerprint density at radius 2 is 1.22 bits per heavy atom. The number of rotatable bonds is 8. The van der Waals surface area contributed by atoms with Gasteiger partial charge in [-0.05, 0) is 49.5 Å². The Labute approximate surface area is 197 Å². The Morgan fingerprint density at radius 3 is 1.66 bits per heavy atom. The van der Waals surface area contributed by atoms with Crippen LogP contribution < -0.4 is 0 Å². The van der Waals surface area contributed by atoms with Gasteiger partial charge in [-0.25, -0.2) is 0 Å². The highest BCUT2D eigenvalue weighted by Crippen LogP contribution is 2.40. The maximum absolute atomic E-state index is 14.2. The molecule has 0 aliphatic rings. The van der Waals surface area contributed by atoms with E-state index in [0.29, 0.717) is 5.16 Å². The Hall–Kier alpha value is -1.70. The predicted molar refractivity (Wildman–Crippen MR) is 143 cm³/mol. The number of amides is 1. The molecule has 2 rings (SSSR count). The maximum Gasteiger partial charge on any atom is 0.254 e. The molecule has 2 aromatic rings. The van der Waals surface area contributed by atoms with E-state index in [1.807, 2.05) is 47.4 Å². The molecule has 3 nitrogen and oxygen atoms in total. The third-order valence-electron chi connectivity index (χ3n) is 6.14. The number of hydrogen-bond acceptors (Lipinski definition) is 2. The molecule has 0 heterocycles. The monoisotopic (exact) mass is 469 g/mol. The average molecular weight is 470 g/mol. The second-order valence-electron chi connectivity index (χ2n) is 11.7. The van der Waals surface area contributed by atoms with Crippen molar-refractivity contribution in [3.63, 3.8) is 0 Å². The largest absolute Gasteiger partial charge is 0.384 e. The summed E-state index contributed by atoms with van der Waals surface area (Å²) in [7, 11) is -3.31. The van der Waals surface area contributed by atoms with E-state index in [1.54, 1.807) is 0 Å². The fourth-order valence-corrected chi connectivity index (χ4v) is 18.3. The van der Waals surface area contributed by atoms with Gasteiger partial charge in [0, 0.05) is 33.8 Å². The van der Waals surface area contributed by atoms with Crippen molar-refractivity contribution in [2.24, 2.45) is 0 Å². The summed E-state index contributed by atoms with van der Waals surface area (Å²) >= 11 is 0. The van der Waals surface area contributed by atoms with Gasteiger partial charge in [0.15, 0.2) is 0 Å². The van der Waals surface area contributed by atoms with Gasteiger partial charge in [0.05, 0.1) is 0 Å². The van der Waals surface area contributed by atoms with Crippen molar-refractivity contribution < 1.29 is 9.90 Å². The van der Waals surface area contributed by atoms with E-state index >= 15 is 0 Å². The molecule has 0 radical (unpaired) electrons. The molecule has 0 spiro atoms. The van der Waals surface area contributed by atoms with E-state index in [9.17, 15) is 9.90 Å². The third-order valence-corrected chi connectivity index (χ3v) is 15.4. The van der Waals surface area contributed by atoms with Gasteiger partial charge < -0.3 is 10.0 Å². The SMILES string of the molecule is CC(C)N(C(=O)c1c(C([Si](C)(C)C)[Si](C)(C)C)cccc1[C@@H](O)c1ccccc1)C(C)C. The summed E-state index contributed by atoms with van der Waals surface area (Å²) in [5.74, 6) is 0.0390. The lowest BCUT2D eigenvalue weighted by Crippen LogP contribution is -2.48. The maximum atomic E-state index is 14.2. The van der Waals surface area contributed by atoms with Crippen LogP contribution in [0.2, 0.25) is 39.3 Å². The van der Waals surface area contributed by atoms with Crippen LogP contribution in [-0.2, 0) is 0 Å². The van der Waals surface area contributed by atoms with Crippen LogP contribution >= 0.6 is 0 Å². The van der Waals surface area contributed by atoms with Gasteiger partial charge in [0.1, 0.15) is 6.10 Å². The van der Waals surface area contributed by atoms with Crippen molar-refractivity contribution in [2.75, 3.05) is 0 Å². The molecule has 5 heteroatoms. The van der Waals surface area contributed by atoms with Gasteiger partial charge in [-0.15, -0.1) is 0 Å². The Bertz CT molecular complexity index is 889. The van der Waals surface area contributed by atoms with Crippen molar-refractivity contribution in [3.05, 3.63) is 70.8 Å². The smallest absolute Gasteiger partial charge is 0.254 e. The van der Waals surface area contributed by atoms with E-state index in [2.05, 4.69) is 73.0 Å². The van der Waals surface area contributed by atoms with Gasteiger partial charge in [-0.1, -0.05) is 87.8 Å². The Balaban J connectivity index is 2.87. The standard InChI is InChI=1S/C27H43NO2Si2/c1-19(2)28(20(3)4)26(30)24-22(25(29)21-15-12-11-13-16-21)17-14-18-23(24)27(31(5,6)7)32(8,9)10/h11-20,25,27,29H,1-10H3/t25-/m0/s1. The third kappa shape index (κ3) is 5.80. The van der Waals surface area contributed by atoms with Crippen molar-refractivity contribution in [2.45, 2.75) is 90.3 Å². The minimum Gasteiger partial charge on any atom is -0.384 e. The number of hydrogen-bond donors (Lipinski definition) is 1. The number of aliphatic hydroxyl groups is 1. The molecular weight excluding hydrogens is 426 g/mol. The topological polar surface area (TPSA) is 40.5 Å². The quantitative estimate of drug-likeness (QED) is 0.429. The van der Waals surface area contributed by atoms with Crippen LogP contribution in [0.5, 0.6) is 0 Å². The average Bonchev–Trinajstić information content (AvgIpc) is 2.65. The van der Waals surface area contributed by atoms with Crippen LogP contribution in [-0.4, -0.2) is 44.1 Å². The first kappa shape index (κ1) is 26.6. The van der Waals surface area contributed by atoms with Gasteiger partial charge in [-0.3, -0.25) is 4.79 Å². The molecule has 1 amide bonds. The normalized spacial score (nSPS) is 13.7. The van der Waals surface area contributed by atoms with Gasteiger partial charge >= 0.3 is 0 Å². The summed E-state index contributed by atoms with van der Waals surface area (Å²) in [5.41, 5.74) is 3.41. The van der Waals surface area contributed by atoms with E-state index in [-0.39, 0.29) is 18.0 Å². The van der Waals surface area contributed by atoms with Crippen LogP contribution in [0.15, 0.2) is 48.5 Å². The first-order valence-electron chi connectivity index (χ1n) is 11.9. The molecule has 0 aliphatic heterocycles. The zero-order valence-electron chi connectivity index (χ0n) is 21.7. The van der Waals surface area contributed by atoms with Gasteiger partial charge in [0.2, 0.25) is 0 Å². The van der Waals surface area contributed by atoms with Gasteiger partial charge in [-0.2, -0.15) is 0 Å². The lowest BCUT2D eigenvalue weighted by atomic mass is 9.92. The van der Waals surface area contributed by atoms with E-state index < -0.39 is 22.3 Å². The summed E-state index contributed by atoms with van der Waals surface area (Å²) in [4.78, 5) is 16.2. The van der Waals surface area contributed by atoms with E-state index in [4.69, 9.17) is 0 Å². The molecule has 1 atom stereocenters. The molecule has 0 bridgehead atoms. The summed E-state index contributed by atoms with van der Waals surface area (Å²) in [6.45, 7) is 22.7. The number of benzene rings is 2.